The van der Waals surface area contributed by atoms with Gasteiger partial charge in [-0.3, -0.25) is 9.69 Å². The molecule has 2 N–H and O–H groups in total. The van der Waals surface area contributed by atoms with Crippen LogP contribution >= 0.6 is 0 Å². The number of hydrogen-bond donors (Lipinski definition) is 2. The highest BCUT2D eigenvalue weighted by Gasteiger charge is 2.34. The van der Waals surface area contributed by atoms with Crippen LogP contribution in [0.25, 0.3) is 0 Å². The highest BCUT2D eigenvalue weighted by Crippen LogP contribution is 2.34. The first kappa shape index (κ1) is 21.1. The second-order valence-electron chi connectivity index (χ2n) is 8.41. The first-order valence-electron chi connectivity index (χ1n) is 10.6. The molecule has 6 nitrogen and oxygen atoms in total. The van der Waals surface area contributed by atoms with Crippen LogP contribution in [0.4, 0.5) is 0 Å². The predicted molar refractivity (Wildman–Crippen MR) is 110 cm³/mol. The molecule has 1 aromatic rings. The lowest BCUT2D eigenvalue weighted by molar-refractivity contribution is -0.122. The number of carbonyl (C=O) groups excluding carboxylic acids is 1. The summed E-state index contributed by atoms with van der Waals surface area (Å²) in [5, 5.41) is 14.1. The van der Waals surface area contributed by atoms with Crippen molar-refractivity contribution in [2.45, 2.75) is 38.2 Å². The fourth-order valence-corrected chi connectivity index (χ4v) is 4.18. The zero-order valence-electron chi connectivity index (χ0n) is 17.3. The van der Waals surface area contributed by atoms with Crippen LogP contribution in [0.2, 0.25) is 0 Å². The third-order valence-corrected chi connectivity index (χ3v) is 6.28. The van der Waals surface area contributed by atoms with Gasteiger partial charge in [-0.1, -0.05) is 19.1 Å². The van der Waals surface area contributed by atoms with Crippen molar-refractivity contribution in [2.75, 3.05) is 52.9 Å². The van der Waals surface area contributed by atoms with Crippen molar-refractivity contribution in [1.29, 1.82) is 0 Å². The number of benzene rings is 1. The Labute approximate surface area is 168 Å². The van der Waals surface area contributed by atoms with Gasteiger partial charge >= 0.3 is 0 Å². The van der Waals surface area contributed by atoms with Crippen LogP contribution < -0.4 is 10.1 Å². The maximum atomic E-state index is 12.2. The number of methoxy groups -OCH3 is 1. The molecule has 6 heteroatoms. The van der Waals surface area contributed by atoms with Gasteiger partial charge in [0.05, 0.1) is 19.3 Å². The predicted octanol–water partition coefficient (Wildman–Crippen LogP) is 1.83. The van der Waals surface area contributed by atoms with Crippen molar-refractivity contribution in [3.05, 3.63) is 29.8 Å². The van der Waals surface area contributed by atoms with E-state index in [-0.39, 0.29) is 5.91 Å². The lowest BCUT2D eigenvalue weighted by atomic mass is 9.84. The van der Waals surface area contributed by atoms with Crippen molar-refractivity contribution in [1.82, 2.24) is 15.1 Å². The fourth-order valence-electron chi connectivity index (χ4n) is 4.18. The van der Waals surface area contributed by atoms with Gasteiger partial charge in [0.1, 0.15) is 5.75 Å². The van der Waals surface area contributed by atoms with Gasteiger partial charge in [-0.2, -0.15) is 0 Å². The molecule has 0 saturated carbocycles. The summed E-state index contributed by atoms with van der Waals surface area (Å²) < 4.78 is 5.28. The van der Waals surface area contributed by atoms with Crippen LogP contribution in [0.15, 0.2) is 24.3 Å². The minimum Gasteiger partial charge on any atom is -0.497 e. The molecule has 2 saturated heterocycles. The van der Waals surface area contributed by atoms with E-state index in [1.807, 2.05) is 24.3 Å². The lowest BCUT2D eigenvalue weighted by Gasteiger charge is -2.38. The minimum absolute atomic E-state index is 0.124. The van der Waals surface area contributed by atoms with Gasteiger partial charge in [-0.05, 0) is 62.4 Å². The number of likely N-dealkylation sites (tertiary alicyclic amines) is 2. The Morgan fingerprint density at radius 1 is 1.21 bits per heavy atom. The van der Waals surface area contributed by atoms with Crippen LogP contribution in [0.5, 0.6) is 5.75 Å². The SMILES string of the molecule is COc1cccc(C2(O)CCN(CCNC(=O)CN3CCC(C)CC3)CC2)c1. The summed E-state index contributed by atoms with van der Waals surface area (Å²) in [6.07, 6.45) is 3.77. The number of aliphatic hydroxyl groups is 1. The number of piperidine rings is 2. The standard InChI is InChI=1S/C22H35N3O3/c1-18-6-11-25(12-7-18)17-21(26)23-10-15-24-13-8-22(27,9-14-24)19-4-3-5-20(16-19)28-2/h3-5,16,18,27H,6-15,17H2,1-2H3,(H,23,26). The van der Waals surface area contributed by atoms with E-state index in [9.17, 15) is 9.90 Å². The van der Waals surface area contributed by atoms with Crippen LogP contribution in [-0.2, 0) is 10.4 Å². The smallest absolute Gasteiger partial charge is 0.234 e. The maximum Gasteiger partial charge on any atom is 0.234 e. The Hall–Kier alpha value is -1.63. The monoisotopic (exact) mass is 389 g/mol. The highest BCUT2D eigenvalue weighted by molar-refractivity contribution is 5.78. The van der Waals surface area contributed by atoms with Crippen molar-refractivity contribution in [3.8, 4) is 5.75 Å². The van der Waals surface area contributed by atoms with E-state index >= 15 is 0 Å². The number of amides is 1. The molecular formula is C22H35N3O3. The maximum absolute atomic E-state index is 12.2. The van der Waals surface area contributed by atoms with E-state index in [1.54, 1.807) is 7.11 Å². The molecule has 1 aromatic carbocycles. The lowest BCUT2D eigenvalue weighted by Crippen LogP contribution is -2.46. The number of ether oxygens (including phenoxy) is 1. The molecule has 2 heterocycles. The van der Waals surface area contributed by atoms with Crippen LogP contribution in [0, 0.1) is 5.92 Å². The van der Waals surface area contributed by atoms with E-state index in [1.165, 1.54) is 12.8 Å². The summed E-state index contributed by atoms with van der Waals surface area (Å²) in [7, 11) is 1.64. The molecule has 0 atom stereocenters. The molecule has 0 unspecified atom stereocenters. The second-order valence-corrected chi connectivity index (χ2v) is 8.41. The molecule has 1 amide bonds. The van der Waals surface area contributed by atoms with Crippen LogP contribution in [0.3, 0.4) is 0 Å². The molecule has 0 spiro atoms. The van der Waals surface area contributed by atoms with Crippen molar-refractivity contribution in [3.63, 3.8) is 0 Å². The van der Waals surface area contributed by atoms with Crippen molar-refractivity contribution < 1.29 is 14.6 Å². The largest absolute Gasteiger partial charge is 0.497 e. The Morgan fingerprint density at radius 2 is 1.93 bits per heavy atom. The van der Waals surface area contributed by atoms with Crippen molar-refractivity contribution in [2.24, 2.45) is 5.92 Å². The molecule has 0 bridgehead atoms. The topological polar surface area (TPSA) is 65.0 Å². The third-order valence-electron chi connectivity index (χ3n) is 6.28. The summed E-state index contributed by atoms with van der Waals surface area (Å²) in [5.74, 6) is 1.69. The zero-order valence-corrected chi connectivity index (χ0v) is 17.3. The fraction of sp³-hybridized carbons (Fsp3) is 0.682. The number of carbonyl (C=O) groups is 1. The summed E-state index contributed by atoms with van der Waals surface area (Å²) in [4.78, 5) is 16.7. The van der Waals surface area contributed by atoms with Crippen LogP contribution in [-0.4, -0.2) is 73.7 Å². The number of nitrogens with one attached hydrogen (secondary N) is 1. The normalized spacial score (nSPS) is 21.4. The number of rotatable bonds is 7. The minimum atomic E-state index is -0.792. The number of nitrogens with zero attached hydrogens (tertiary/aromatic N) is 2. The molecule has 0 aromatic heterocycles. The van der Waals surface area contributed by atoms with Gasteiger partial charge in [0.25, 0.3) is 0 Å². The summed E-state index contributed by atoms with van der Waals surface area (Å²) >= 11 is 0. The molecule has 0 aliphatic carbocycles. The van der Waals surface area contributed by atoms with Crippen molar-refractivity contribution >= 4 is 5.91 Å². The molecule has 156 valence electrons. The number of hydrogen-bond acceptors (Lipinski definition) is 5. The molecule has 2 aliphatic rings. The summed E-state index contributed by atoms with van der Waals surface area (Å²) in [5.41, 5.74) is 0.135. The Morgan fingerprint density at radius 3 is 2.61 bits per heavy atom. The molecular weight excluding hydrogens is 354 g/mol. The Balaban J connectivity index is 1.36. The average Bonchev–Trinajstić information content (AvgIpc) is 2.71. The molecule has 2 fully saturated rings. The van der Waals surface area contributed by atoms with E-state index < -0.39 is 5.60 Å². The molecule has 28 heavy (non-hydrogen) atoms. The van der Waals surface area contributed by atoms with E-state index in [0.717, 1.165) is 50.0 Å². The molecule has 3 rings (SSSR count). The quantitative estimate of drug-likeness (QED) is 0.745. The summed E-state index contributed by atoms with van der Waals surface area (Å²) in [6.45, 7) is 8.01. The zero-order chi connectivity index (χ0) is 20.0. The van der Waals surface area contributed by atoms with Gasteiger partial charge in [0.2, 0.25) is 5.91 Å². The van der Waals surface area contributed by atoms with Gasteiger partial charge in [0, 0.05) is 26.2 Å². The molecule has 2 aliphatic heterocycles. The van der Waals surface area contributed by atoms with Crippen LogP contribution in [0.1, 0.15) is 38.2 Å². The van der Waals surface area contributed by atoms with E-state index in [0.29, 0.717) is 25.9 Å². The van der Waals surface area contributed by atoms with Gasteiger partial charge in [-0.25, -0.2) is 0 Å². The molecule has 0 radical (unpaired) electrons. The van der Waals surface area contributed by atoms with E-state index in [4.69, 9.17) is 4.74 Å². The van der Waals surface area contributed by atoms with Gasteiger partial charge in [-0.15, -0.1) is 0 Å². The second kappa shape index (κ2) is 9.72. The van der Waals surface area contributed by atoms with Gasteiger partial charge in [0.15, 0.2) is 0 Å². The Bertz CT molecular complexity index is 636. The van der Waals surface area contributed by atoms with E-state index in [2.05, 4.69) is 22.0 Å². The summed E-state index contributed by atoms with van der Waals surface area (Å²) in [6, 6.07) is 7.73. The third kappa shape index (κ3) is 5.69. The first-order chi connectivity index (χ1) is 13.5. The Kier molecular flexibility index (Phi) is 7.32. The highest BCUT2D eigenvalue weighted by atomic mass is 16.5. The first-order valence-corrected chi connectivity index (χ1v) is 10.6. The van der Waals surface area contributed by atoms with Gasteiger partial charge < -0.3 is 20.1 Å². The average molecular weight is 390 g/mol.